The molecule has 226 valence electrons. The fourth-order valence-electron chi connectivity index (χ4n) is 7.64. The topological polar surface area (TPSA) is 52.5 Å². The van der Waals surface area contributed by atoms with E-state index in [1.54, 1.807) is 0 Å². The van der Waals surface area contributed by atoms with E-state index in [0.717, 1.165) is 60.5 Å². The Kier molecular flexibility index (Phi) is 6.58. The number of benzene rings is 8. The Morgan fingerprint density at radius 2 is 0.857 bits per heavy atom. The van der Waals surface area contributed by atoms with E-state index in [1.807, 2.05) is 54.6 Å². The SMILES string of the molecule is N#Cc1cc(-c2c3ccccc3c(-c3ccccc3)c3ccccc23)ccc1-c1cccc(C#N)c1-n1c2ccccc2c2ccccc21. The van der Waals surface area contributed by atoms with Crippen LogP contribution in [0.5, 0.6) is 0 Å². The summed E-state index contributed by atoms with van der Waals surface area (Å²) in [4.78, 5) is 0. The van der Waals surface area contributed by atoms with Crippen LogP contribution in [0.2, 0.25) is 0 Å². The van der Waals surface area contributed by atoms with Gasteiger partial charge >= 0.3 is 0 Å². The molecule has 49 heavy (non-hydrogen) atoms. The monoisotopic (exact) mass is 621 g/mol. The van der Waals surface area contributed by atoms with Gasteiger partial charge < -0.3 is 4.57 Å². The Morgan fingerprint density at radius 1 is 0.367 bits per heavy atom. The fraction of sp³-hybridized carbons (Fsp3) is 0. The summed E-state index contributed by atoms with van der Waals surface area (Å²) in [6.45, 7) is 0. The lowest BCUT2D eigenvalue weighted by Crippen LogP contribution is -2.02. The quantitative estimate of drug-likeness (QED) is 0.184. The molecule has 0 aliphatic heterocycles. The molecule has 0 amide bonds. The van der Waals surface area contributed by atoms with E-state index in [0.29, 0.717) is 11.1 Å². The van der Waals surface area contributed by atoms with Crippen LogP contribution in [0.25, 0.3) is 82.4 Å². The van der Waals surface area contributed by atoms with Gasteiger partial charge in [-0.15, -0.1) is 0 Å². The Morgan fingerprint density at radius 3 is 1.41 bits per heavy atom. The van der Waals surface area contributed by atoms with Crippen molar-refractivity contribution < 1.29 is 0 Å². The molecule has 0 radical (unpaired) electrons. The second-order valence-electron chi connectivity index (χ2n) is 12.3. The smallest absolute Gasteiger partial charge is 0.101 e. The Bertz CT molecular complexity index is 2740. The summed E-state index contributed by atoms with van der Waals surface area (Å²) in [6.07, 6.45) is 0. The lowest BCUT2D eigenvalue weighted by Gasteiger charge is -2.19. The normalized spacial score (nSPS) is 11.2. The molecule has 0 atom stereocenters. The molecule has 0 aliphatic carbocycles. The molecule has 9 aromatic rings. The van der Waals surface area contributed by atoms with Crippen LogP contribution in [0, 0.1) is 22.7 Å². The van der Waals surface area contributed by atoms with E-state index in [-0.39, 0.29) is 0 Å². The summed E-state index contributed by atoms with van der Waals surface area (Å²) in [5, 5.41) is 28.0. The van der Waals surface area contributed by atoms with Crippen LogP contribution < -0.4 is 0 Å². The predicted molar refractivity (Wildman–Crippen MR) is 202 cm³/mol. The molecular formula is C46H27N3. The molecule has 3 nitrogen and oxygen atoms in total. The largest absolute Gasteiger partial charge is 0.307 e. The highest BCUT2D eigenvalue weighted by Crippen LogP contribution is 2.45. The van der Waals surface area contributed by atoms with Gasteiger partial charge in [0.1, 0.15) is 6.07 Å². The average molecular weight is 622 g/mol. The minimum atomic E-state index is 0.547. The van der Waals surface area contributed by atoms with Crippen molar-refractivity contribution in [3.05, 3.63) is 175 Å². The van der Waals surface area contributed by atoms with E-state index < -0.39 is 0 Å². The van der Waals surface area contributed by atoms with Gasteiger partial charge in [-0.3, -0.25) is 0 Å². The van der Waals surface area contributed by atoms with Gasteiger partial charge in [-0.2, -0.15) is 10.5 Å². The van der Waals surface area contributed by atoms with Crippen molar-refractivity contribution in [1.29, 1.82) is 10.5 Å². The van der Waals surface area contributed by atoms with Crippen LogP contribution in [-0.2, 0) is 0 Å². The van der Waals surface area contributed by atoms with Gasteiger partial charge in [-0.25, -0.2) is 0 Å². The lowest BCUT2D eigenvalue weighted by atomic mass is 9.85. The van der Waals surface area contributed by atoms with Gasteiger partial charge in [0.2, 0.25) is 0 Å². The zero-order valence-corrected chi connectivity index (χ0v) is 26.4. The highest BCUT2D eigenvalue weighted by atomic mass is 15.0. The molecule has 9 rings (SSSR count). The molecule has 1 aromatic heterocycles. The number of nitrogens with zero attached hydrogens (tertiary/aromatic N) is 3. The Balaban J connectivity index is 1.31. The highest BCUT2D eigenvalue weighted by molar-refractivity contribution is 6.21. The van der Waals surface area contributed by atoms with Gasteiger partial charge in [0, 0.05) is 21.9 Å². The highest BCUT2D eigenvalue weighted by Gasteiger charge is 2.22. The van der Waals surface area contributed by atoms with Crippen molar-refractivity contribution in [3.63, 3.8) is 0 Å². The summed E-state index contributed by atoms with van der Waals surface area (Å²) < 4.78 is 2.18. The number of rotatable bonds is 4. The second kappa shape index (κ2) is 11.4. The number of aromatic nitrogens is 1. The number of nitriles is 2. The molecule has 0 saturated heterocycles. The molecule has 8 aromatic carbocycles. The van der Waals surface area contributed by atoms with Gasteiger partial charge in [0.05, 0.1) is 33.9 Å². The molecule has 0 saturated carbocycles. The zero-order chi connectivity index (χ0) is 32.9. The number of para-hydroxylation sites is 3. The fourth-order valence-corrected chi connectivity index (χ4v) is 7.64. The predicted octanol–water partition coefficient (Wildman–Crippen LogP) is 11.8. The third-order valence-corrected chi connectivity index (χ3v) is 9.67. The maximum absolute atomic E-state index is 10.7. The lowest BCUT2D eigenvalue weighted by molar-refractivity contribution is 1.17. The first-order chi connectivity index (χ1) is 24.3. The van der Waals surface area contributed by atoms with E-state index in [4.69, 9.17) is 0 Å². The third kappa shape index (κ3) is 4.35. The van der Waals surface area contributed by atoms with E-state index >= 15 is 0 Å². The minimum Gasteiger partial charge on any atom is -0.307 e. The molecule has 3 heteroatoms. The summed E-state index contributed by atoms with van der Waals surface area (Å²) >= 11 is 0. The van der Waals surface area contributed by atoms with Gasteiger partial charge in [-0.05, 0) is 68.1 Å². The zero-order valence-electron chi connectivity index (χ0n) is 26.4. The standard InChI is InChI=1S/C46H27N3/c47-28-32-15-12-22-41(46(32)49-42-23-10-8-16-35(42)36-17-9-11-24-43(36)49)34-26-25-31(27-33(34)29-48)45-39-20-6-4-18-37(39)44(30-13-2-1-3-14-30)38-19-5-7-21-40(38)45/h1-27H. The average Bonchev–Trinajstić information content (AvgIpc) is 3.50. The number of fused-ring (bicyclic) bond motifs is 5. The summed E-state index contributed by atoms with van der Waals surface area (Å²) in [6, 6.07) is 61.2. The van der Waals surface area contributed by atoms with Gasteiger partial charge in [0.25, 0.3) is 0 Å². The molecule has 1 heterocycles. The van der Waals surface area contributed by atoms with Crippen molar-refractivity contribution in [2.45, 2.75) is 0 Å². The van der Waals surface area contributed by atoms with E-state index in [1.165, 1.54) is 21.9 Å². The first-order valence-electron chi connectivity index (χ1n) is 16.3. The van der Waals surface area contributed by atoms with Crippen molar-refractivity contribution in [2.75, 3.05) is 0 Å². The molecule has 0 spiro atoms. The maximum Gasteiger partial charge on any atom is 0.101 e. The molecule has 0 aliphatic rings. The third-order valence-electron chi connectivity index (χ3n) is 9.67. The molecule has 0 unspecified atom stereocenters. The Labute approximate surface area is 283 Å². The van der Waals surface area contributed by atoms with Crippen LogP contribution >= 0.6 is 0 Å². The minimum absolute atomic E-state index is 0.547. The first-order valence-corrected chi connectivity index (χ1v) is 16.3. The summed E-state index contributed by atoms with van der Waals surface area (Å²) in [5.41, 5.74) is 9.97. The van der Waals surface area contributed by atoms with Crippen LogP contribution in [0.15, 0.2) is 164 Å². The van der Waals surface area contributed by atoms with Crippen LogP contribution in [-0.4, -0.2) is 4.57 Å². The van der Waals surface area contributed by atoms with Crippen molar-refractivity contribution in [2.24, 2.45) is 0 Å². The van der Waals surface area contributed by atoms with Crippen LogP contribution in [0.4, 0.5) is 0 Å². The Hall–Kier alpha value is -6.94. The van der Waals surface area contributed by atoms with Crippen LogP contribution in [0.3, 0.4) is 0 Å². The molecule has 0 bridgehead atoms. The first kappa shape index (κ1) is 28.3. The van der Waals surface area contributed by atoms with Crippen molar-refractivity contribution in [1.82, 2.24) is 4.57 Å². The van der Waals surface area contributed by atoms with E-state index in [2.05, 4.69) is 126 Å². The molecule has 0 N–H and O–H groups in total. The van der Waals surface area contributed by atoms with Gasteiger partial charge in [0.15, 0.2) is 0 Å². The maximum atomic E-state index is 10.7. The van der Waals surface area contributed by atoms with Gasteiger partial charge in [-0.1, -0.05) is 140 Å². The number of hydrogen-bond donors (Lipinski definition) is 0. The van der Waals surface area contributed by atoms with Crippen molar-refractivity contribution >= 4 is 43.4 Å². The summed E-state index contributed by atoms with van der Waals surface area (Å²) in [5.74, 6) is 0. The number of hydrogen-bond acceptors (Lipinski definition) is 2. The molecule has 0 fully saturated rings. The molecular weight excluding hydrogens is 595 g/mol. The van der Waals surface area contributed by atoms with E-state index in [9.17, 15) is 10.5 Å². The second-order valence-corrected chi connectivity index (χ2v) is 12.3. The van der Waals surface area contributed by atoms with Crippen molar-refractivity contribution in [3.8, 4) is 51.2 Å². The summed E-state index contributed by atoms with van der Waals surface area (Å²) in [7, 11) is 0. The van der Waals surface area contributed by atoms with Crippen LogP contribution in [0.1, 0.15) is 11.1 Å².